The molecule has 1 aliphatic rings. The van der Waals surface area contributed by atoms with E-state index in [4.69, 9.17) is 17.3 Å². The number of aromatic nitrogens is 2. The van der Waals surface area contributed by atoms with Gasteiger partial charge in [-0.05, 0) is 32.4 Å². The number of rotatable bonds is 3. The van der Waals surface area contributed by atoms with E-state index < -0.39 is 0 Å². The van der Waals surface area contributed by atoms with E-state index in [0.717, 1.165) is 42.6 Å². The molecule has 0 amide bonds. The number of hydrogen-bond acceptors (Lipinski definition) is 3. The zero-order valence-corrected chi connectivity index (χ0v) is 10.7. The van der Waals surface area contributed by atoms with Gasteiger partial charge in [0, 0.05) is 20.1 Å². The third kappa shape index (κ3) is 2.24. The van der Waals surface area contributed by atoms with Crippen LogP contribution in [-0.2, 0) is 13.6 Å². The van der Waals surface area contributed by atoms with E-state index in [2.05, 4.69) is 10.00 Å². The molecule has 0 aromatic carbocycles. The average Bonchev–Trinajstić information content (AvgIpc) is 2.80. The molecule has 2 rings (SSSR count). The molecule has 90 valence electrons. The number of nitrogens with zero attached hydrogens (tertiary/aromatic N) is 3. The van der Waals surface area contributed by atoms with Crippen LogP contribution in [0.1, 0.15) is 17.8 Å². The number of likely N-dealkylation sites (tertiary alicyclic amines) is 1. The predicted octanol–water partition coefficient (Wildman–Crippen LogP) is 1.16. The fourth-order valence-corrected chi connectivity index (χ4v) is 2.53. The van der Waals surface area contributed by atoms with Crippen molar-refractivity contribution in [1.29, 1.82) is 0 Å². The van der Waals surface area contributed by atoms with Crippen molar-refractivity contribution < 1.29 is 0 Å². The Morgan fingerprint density at radius 3 is 2.81 bits per heavy atom. The van der Waals surface area contributed by atoms with Crippen molar-refractivity contribution in [3.05, 3.63) is 16.4 Å². The molecular weight excluding hydrogens is 224 g/mol. The third-order valence-corrected chi connectivity index (χ3v) is 3.83. The molecule has 1 unspecified atom stereocenters. The largest absolute Gasteiger partial charge is 0.330 e. The van der Waals surface area contributed by atoms with Gasteiger partial charge in [0.25, 0.3) is 0 Å². The zero-order chi connectivity index (χ0) is 11.7. The molecular formula is C11H19ClN4. The molecule has 0 bridgehead atoms. The van der Waals surface area contributed by atoms with Crippen molar-refractivity contribution in [2.75, 3.05) is 19.6 Å². The molecule has 1 aromatic heterocycles. The van der Waals surface area contributed by atoms with Crippen LogP contribution in [0.4, 0.5) is 0 Å². The maximum Gasteiger partial charge on any atom is 0.0860 e. The highest BCUT2D eigenvalue weighted by Crippen LogP contribution is 2.23. The Balaban J connectivity index is 2.04. The van der Waals surface area contributed by atoms with Gasteiger partial charge in [-0.1, -0.05) is 11.6 Å². The van der Waals surface area contributed by atoms with E-state index >= 15 is 0 Å². The number of hydrogen-bond donors (Lipinski definition) is 1. The summed E-state index contributed by atoms with van der Waals surface area (Å²) >= 11 is 6.23. The lowest BCUT2D eigenvalue weighted by atomic mass is 10.1. The summed E-state index contributed by atoms with van der Waals surface area (Å²) in [7, 11) is 1.95. The maximum absolute atomic E-state index is 6.23. The molecule has 16 heavy (non-hydrogen) atoms. The van der Waals surface area contributed by atoms with E-state index in [1.54, 1.807) is 0 Å². The zero-order valence-electron chi connectivity index (χ0n) is 9.91. The van der Waals surface area contributed by atoms with Crippen LogP contribution < -0.4 is 5.73 Å². The second-order valence-electron chi connectivity index (χ2n) is 4.60. The van der Waals surface area contributed by atoms with Gasteiger partial charge in [0.05, 0.1) is 16.4 Å². The lowest BCUT2D eigenvalue weighted by Gasteiger charge is -2.15. The average molecular weight is 243 g/mol. The van der Waals surface area contributed by atoms with Gasteiger partial charge in [0.1, 0.15) is 0 Å². The van der Waals surface area contributed by atoms with Gasteiger partial charge in [0.2, 0.25) is 0 Å². The predicted molar refractivity (Wildman–Crippen MR) is 65.4 cm³/mol. The van der Waals surface area contributed by atoms with E-state index in [-0.39, 0.29) is 0 Å². The van der Waals surface area contributed by atoms with E-state index in [1.807, 2.05) is 18.7 Å². The molecule has 5 heteroatoms. The molecule has 2 heterocycles. The number of halogens is 1. The summed E-state index contributed by atoms with van der Waals surface area (Å²) in [4.78, 5) is 2.40. The highest BCUT2D eigenvalue weighted by Gasteiger charge is 2.23. The molecule has 0 saturated carbocycles. The Hall–Kier alpha value is -0.580. The standard InChI is InChI=1S/C11H19ClN4/c1-8-11(12)10(15(2)14-8)7-16-4-3-9(5-13)6-16/h9H,3-7,13H2,1-2H3. The molecule has 2 N–H and O–H groups in total. The van der Waals surface area contributed by atoms with Crippen LogP contribution in [0.2, 0.25) is 5.02 Å². The van der Waals surface area contributed by atoms with Crippen LogP contribution in [0.3, 0.4) is 0 Å². The number of aryl methyl sites for hydroxylation is 2. The van der Waals surface area contributed by atoms with Crippen molar-refractivity contribution >= 4 is 11.6 Å². The minimum Gasteiger partial charge on any atom is -0.330 e. The van der Waals surface area contributed by atoms with Crippen molar-refractivity contribution in [2.24, 2.45) is 18.7 Å². The highest BCUT2D eigenvalue weighted by atomic mass is 35.5. The first-order valence-corrected chi connectivity index (χ1v) is 6.10. The summed E-state index contributed by atoms with van der Waals surface area (Å²) in [5.74, 6) is 0.646. The van der Waals surface area contributed by atoms with Gasteiger partial charge in [-0.25, -0.2) is 0 Å². The van der Waals surface area contributed by atoms with Crippen LogP contribution >= 0.6 is 11.6 Å². The summed E-state index contributed by atoms with van der Waals surface area (Å²) in [5, 5.41) is 5.13. The molecule has 0 radical (unpaired) electrons. The van der Waals surface area contributed by atoms with Crippen LogP contribution in [0, 0.1) is 12.8 Å². The lowest BCUT2D eigenvalue weighted by Crippen LogP contribution is -2.24. The second kappa shape index (κ2) is 4.73. The first-order chi connectivity index (χ1) is 7.61. The van der Waals surface area contributed by atoms with Crippen LogP contribution in [0.5, 0.6) is 0 Å². The smallest absolute Gasteiger partial charge is 0.0860 e. The van der Waals surface area contributed by atoms with Gasteiger partial charge in [-0.15, -0.1) is 0 Å². The first kappa shape index (κ1) is 11.9. The molecule has 0 aliphatic carbocycles. The first-order valence-electron chi connectivity index (χ1n) is 5.72. The maximum atomic E-state index is 6.23. The van der Waals surface area contributed by atoms with Gasteiger partial charge >= 0.3 is 0 Å². The molecule has 1 aromatic rings. The van der Waals surface area contributed by atoms with Crippen LogP contribution in [0.15, 0.2) is 0 Å². The SMILES string of the molecule is Cc1nn(C)c(CN2CCC(CN)C2)c1Cl. The molecule has 1 saturated heterocycles. The summed E-state index contributed by atoms with van der Waals surface area (Å²) in [5.41, 5.74) is 7.70. The van der Waals surface area contributed by atoms with E-state index in [0.29, 0.717) is 5.92 Å². The van der Waals surface area contributed by atoms with Gasteiger partial charge in [0.15, 0.2) is 0 Å². The van der Waals surface area contributed by atoms with E-state index in [9.17, 15) is 0 Å². The lowest BCUT2D eigenvalue weighted by molar-refractivity contribution is 0.309. The Morgan fingerprint density at radius 1 is 1.56 bits per heavy atom. The van der Waals surface area contributed by atoms with Crippen LogP contribution in [0.25, 0.3) is 0 Å². The molecule has 1 atom stereocenters. The van der Waals surface area contributed by atoms with Gasteiger partial charge < -0.3 is 5.73 Å². The van der Waals surface area contributed by atoms with Crippen LogP contribution in [-0.4, -0.2) is 34.3 Å². The quantitative estimate of drug-likeness (QED) is 0.866. The molecule has 0 spiro atoms. The summed E-state index contributed by atoms with van der Waals surface area (Å²) in [6.07, 6.45) is 1.20. The second-order valence-corrected chi connectivity index (χ2v) is 4.97. The molecule has 1 fully saturated rings. The molecule has 1 aliphatic heterocycles. The van der Waals surface area contributed by atoms with E-state index in [1.165, 1.54) is 6.42 Å². The summed E-state index contributed by atoms with van der Waals surface area (Å²) in [6, 6.07) is 0. The van der Waals surface area contributed by atoms with Crippen molar-refractivity contribution in [2.45, 2.75) is 19.9 Å². The Morgan fingerprint density at radius 2 is 2.31 bits per heavy atom. The number of nitrogens with two attached hydrogens (primary N) is 1. The fraction of sp³-hybridized carbons (Fsp3) is 0.727. The Bertz CT molecular complexity index is 374. The monoisotopic (exact) mass is 242 g/mol. The Kier molecular flexibility index (Phi) is 3.52. The summed E-state index contributed by atoms with van der Waals surface area (Å²) < 4.78 is 1.88. The van der Waals surface area contributed by atoms with Crippen molar-refractivity contribution in [1.82, 2.24) is 14.7 Å². The summed E-state index contributed by atoms with van der Waals surface area (Å²) in [6.45, 7) is 5.80. The minimum atomic E-state index is 0.646. The highest BCUT2D eigenvalue weighted by molar-refractivity contribution is 6.31. The van der Waals surface area contributed by atoms with Crippen molar-refractivity contribution in [3.8, 4) is 0 Å². The van der Waals surface area contributed by atoms with Gasteiger partial charge in [-0.2, -0.15) is 5.10 Å². The van der Waals surface area contributed by atoms with Crippen molar-refractivity contribution in [3.63, 3.8) is 0 Å². The fourth-order valence-electron chi connectivity index (χ4n) is 2.31. The van der Waals surface area contributed by atoms with Gasteiger partial charge in [-0.3, -0.25) is 9.58 Å². The topological polar surface area (TPSA) is 47.1 Å². The normalized spacial score (nSPS) is 21.9. The minimum absolute atomic E-state index is 0.646. The molecule has 4 nitrogen and oxygen atoms in total. The third-order valence-electron chi connectivity index (χ3n) is 3.34. The Labute approximate surface area is 101 Å².